The summed E-state index contributed by atoms with van der Waals surface area (Å²) < 4.78 is 0. The molecule has 5 heterocycles. The minimum Gasteiger partial charge on any atom is -0.264 e. The fraction of sp³-hybridized carbons (Fsp3) is 0. The molecular weight excluding hydrogens is 615 g/mol. The molecule has 0 saturated heterocycles. The maximum absolute atomic E-state index is 5.00. The summed E-state index contributed by atoms with van der Waals surface area (Å²) in [5, 5.41) is 3.38. The standard InChI is InChI=1S/C43H27N7/c1-2-9-29(10-3-1)41-48-42(30-18-16-28(17-19-30)31-11-8-24-44-25-31)50-43(49-41)39-23-21-33(27-46-39)32-20-22-38(45-26-32)40-36-14-5-4-12-34(36)35-13-6-7-15-37(35)47-40/h1-27H. The molecule has 50 heavy (non-hydrogen) atoms. The van der Waals surface area contributed by atoms with Crippen LogP contribution in [0.15, 0.2) is 164 Å². The maximum Gasteiger partial charge on any atom is 0.182 e. The molecule has 0 atom stereocenters. The monoisotopic (exact) mass is 641 g/mol. The van der Waals surface area contributed by atoms with Gasteiger partial charge in [-0.05, 0) is 40.8 Å². The van der Waals surface area contributed by atoms with Gasteiger partial charge in [0.05, 0.1) is 16.9 Å². The van der Waals surface area contributed by atoms with E-state index in [1.807, 2.05) is 116 Å². The topological polar surface area (TPSA) is 90.2 Å². The molecular formula is C43H27N7. The second-order valence-corrected chi connectivity index (χ2v) is 11.9. The summed E-state index contributed by atoms with van der Waals surface area (Å²) in [7, 11) is 0. The summed E-state index contributed by atoms with van der Waals surface area (Å²) in [6.45, 7) is 0. The van der Waals surface area contributed by atoms with E-state index in [9.17, 15) is 0 Å². The third-order valence-corrected chi connectivity index (χ3v) is 8.75. The number of pyridine rings is 4. The quantitative estimate of drug-likeness (QED) is 0.167. The smallest absolute Gasteiger partial charge is 0.182 e. The summed E-state index contributed by atoms with van der Waals surface area (Å²) in [6.07, 6.45) is 7.34. The SMILES string of the molecule is c1ccc(-c2nc(-c3ccc(-c4cccnc4)cc3)nc(-c3ccc(-c4ccc(-c5nc6ccccc6c6ccccc56)nc4)cn3)n2)cc1. The van der Waals surface area contributed by atoms with Gasteiger partial charge in [-0.2, -0.15) is 0 Å². The van der Waals surface area contributed by atoms with Gasteiger partial charge in [0, 0.05) is 57.8 Å². The van der Waals surface area contributed by atoms with Crippen LogP contribution in [0.3, 0.4) is 0 Å². The van der Waals surface area contributed by atoms with E-state index in [0.29, 0.717) is 23.2 Å². The molecule has 7 nitrogen and oxygen atoms in total. The molecule has 0 aliphatic rings. The van der Waals surface area contributed by atoms with E-state index in [1.54, 1.807) is 6.20 Å². The summed E-state index contributed by atoms with van der Waals surface area (Å²) >= 11 is 0. The van der Waals surface area contributed by atoms with E-state index in [1.165, 1.54) is 0 Å². The van der Waals surface area contributed by atoms with Crippen LogP contribution in [-0.4, -0.2) is 34.9 Å². The molecule has 0 spiro atoms. The molecule has 0 aliphatic carbocycles. The molecule has 234 valence electrons. The highest BCUT2D eigenvalue weighted by atomic mass is 15.0. The number of nitrogens with zero attached hydrogens (tertiary/aromatic N) is 7. The Morgan fingerprint density at radius 2 is 0.860 bits per heavy atom. The molecule has 5 aromatic heterocycles. The predicted octanol–water partition coefficient (Wildman–Crippen LogP) is 9.76. The van der Waals surface area contributed by atoms with Crippen molar-refractivity contribution >= 4 is 21.7 Å². The maximum atomic E-state index is 5.00. The Morgan fingerprint density at radius 1 is 0.320 bits per heavy atom. The van der Waals surface area contributed by atoms with Gasteiger partial charge in [-0.1, -0.05) is 115 Å². The van der Waals surface area contributed by atoms with Crippen LogP contribution in [-0.2, 0) is 0 Å². The Bertz CT molecular complexity index is 2610. The minimum atomic E-state index is 0.500. The lowest BCUT2D eigenvalue weighted by atomic mass is 10.0. The molecule has 0 bridgehead atoms. The molecule has 0 saturated carbocycles. The van der Waals surface area contributed by atoms with E-state index in [2.05, 4.69) is 47.4 Å². The molecule has 9 rings (SSSR count). The summed E-state index contributed by atoms with van der Waals surface area (Å²) in [5.41, 5.74) is 9.08. The van der Waals surface area contributed by atoms with Crippen LogP contribution in [0.5, 0.6) is 0 Å². The van der Waals surface area contributed by atoms with Crippen LogP contribution in [0, 0.1) is 0 Å². The van der Waals surface area contributed by atoms with E-state index in [4.69, 9.17) is 29.9 Å². The first-order valence-corrected chi connectivity index (χ1v) is 16.3. The van der Waals surface area contributed by atoms with Crippen LogP contribution >= 0.6 is 0 Å². The normalized spacial score (nSPS) is 11.2. The van der Waals surface area contributed by atoms with Crippen molar-refractivity contribution in [3.63, 3.8) is 0 Å². The fourth-order valence-corrected chi connectivity index (χ4v) is 6.18. The molecule has 0 radical (unpaired) electrons. The molecule has 0 unspecified atom stereocenters. The lowest BCUT2D eigenvalue weighted by Crippen LogP contribution is -2.01. The van der Waals surface area contributed by atoms with Crippen molar-refractivity contribution in [3.8, 4) is 67.9 Å². The van der Waals surface area contributed by atoms with E-state index < -0.39 is 0 Å². The highest BCUT2D eigenvalue weighted by Gasteiger charge is 2.15. The second kappa shape index (κ2) is 12.6. The van der Waals surface area contributed by atoms with Crippen LogP contribution < -0.4 is 0 Å². The zero-order chi connectivity index (χ0) is 33.3. The lowest BCUT2D eigenvalue weighted by Gasteiger charge is -2.10. The number of para-hydroxylation sites is 1. The number of aromatic nitrogens is 7. The average molecular weight is 642 g/mol. The van der Waals surface area contributed by atoms with Gasteiger partial charge in [-0.15, -0.1) is 0 Å². The molecule has 0 amide bonds. The van der Waals surface area contributed by atoms with Crippen molar-refractivity contribution in [1.82, 2.24) is 34.9 Å². The van der Waals surface area contributed by atoms with Gasteiger partial charge >= 0.3 is 0 Å². The Balaban J connectivity index is 1.04. The first-order valence-electron chi connectivity index (χ1n) is 16.3. The third-order valence-electron chi connectivity index (χ3n) is 8.75. The second-order valence-electron chi connectivity index (χ2n) is 11.9. The summed E-state index contributed by atoms with van der Waals surface area (Å²) in [4.78, 5) is 33.5. The number of hydrogen-bond acceptors (Lipinski definition) is 7. The molecule has 7 heteroatoms. The van der Waals surface area contributed by atoms with Gasteiger partial charge in [0.1, 0.15) is 5.69 Å². The number of rotatable bonds is 6. The number of fused-ring (bicyclic) bond motifs is 3. The molecule has 0 fully saturated rings. The first-order chi connectivity index (χ1) is 24.8. The predicted molar refractivity (Wildman–Crippen MR) is 199 cm³/mol. The molecule has 9 aromatic rings. The highest BCUT2D eigenvalue weighted by molar-refractivity contribution is 6.10. The van der Waals surface area contributed by atoms with Crippen molar-refractivity contribution in [2.45, 2.75) is 0 Å². The Morgan fingerprint density at radius 3 is 1.54 bits per heavy atom. The van der Waals surface area contributed by atoms with Crippen molar-refractivity contribution in [2.24, 2.45) is 0 Å². The highest BCUT2D eigenvalue weighted by Crippen LogP contribution is 2.33. The Hall–Kier alpha value is -6.99. The Kier molecular flexibility index (Phi) is 7.33. The zero-order valence-electron chi connectivity index (χ0n) is 26.7. The van der Waals surface area contributed by atoms with Crippen LogP contribution in [0.2, 0.25) is 0 Å². The zero-order valence-corrected chi connectivity index (χ0v) is 26.7. The van der Waals surface area contributed by atoms with Crippen LogP contribution in [0.25, 0.3) is 89.6 Å². The van der Waals surface area contributed by atoms with E-state index in [-0.39, 0.29) is 0 Å². The largest absolute Gasteiger partial charge is 0.264 e. The van der Waals surface area contributed by atoms with Gasteiger partial charge in [-0.25, -0.2) is 19.9 Å². The molecule has 4 aromatic carbocycles. The van der Waals surface area contributed by atoms with E-state index in [0.717, 1.165) is 66.4 Å². The van der Waals surface area contributed by atoms with E-state index >= 15 is 0 Å². The van der Waals surface area contributed by atoms with Crippen molar-refractivity contribution in [1.29, 1.82) is 0 Å². The van der Waals surface area contributed by atoms with Gasteiger partial charge in [-0.3, -0.25) is 15.0 Å². The summed E-state index contributed by atoms with van der Waals surface area (Å²) in [6, 6.07) is 46.7. The van der Waals surface area contributed by atoms with Crippen molar-refractivity contribution in [2.75, 3.05) is 0 Å². The van der Waals surface area contributed by atoms with Gasteiger partial charge in [0.2, 0.25) is 0 Å². The minimum absolute atomic E-state index is 0.500. The van der Waals surface area contributed by atoms with Crippen LogP contribution in [0.4, 0.5) is 0 Å². The lowest BCUT2D eigenvalue weighted by molar-refractivity contribution is 1.06. The first kappa shape index (κ1) is 29.2. The van der Waals surface area contributed by atoms with Crippen LogP contribution in [0.1, 0.15) is 0 Å². The van der Waals surface area contributed by atoms with Crippen molar-refractivity contribution in [3.05, 3.63) is 164 Å². The molecule has 0 N–H and O–H groups in total. The average Bonchev–Trinajstić information content (AvgIpc) is 3.21. The fourth-order valence-electron chi connectivity index (χ4n) is 6.18. The van der Waals surface area contributed by atoms with Gasteiger partial charge in [0.15, 0.2) is 17.5 Å². The van der Waals surface area contributed by atoms with Gasteiger partial charge < -0.3 is 0 Å². The number of benzene rings is 4. The number of hydrogen-bond donors (Lipinski definition) is 0. The summed E-state index contributed by atoms with van der Waals surface area (Å²) in [5.74, 6) is 1.66. The third kappa shape index (κ3) is 5.52. The van der Waals surface area contributed by atoms with Crippen molar-refractivity contribution < 1.29 is 0 Å². The van der Waals surface area contributed by atoms with Gasteiger partial charge in [0.25, 0.3) is 0 Å². The Labute approximate surface area is 288 Å². The molecule has 0 aliphatic heterocycles.